The average Bonchev–Trinajstić information content (AvgIpc) is 2.82. The number of amides is 3. The largest absolute Gasteiger partial charge is 0.508 e. The van der Waals surface area contributed by atoms with Crippen LogP contribution in [0.4, 0.5) is 4.79 Å². The topological polar surface area (TPSA) is 108 Å². The third-order valence-corrected chi connectivity index (χ3v) is 6.32. The lowest BCUT2D eigenvalue weighted by Gasteiger charge is -2.36. The number of carbonyl (C=O) groups excluding carboxylic acids is 3. The van der Waals surface area contributed by atoms with Gasteiger partial charge in [0.2, 0.25) is 11.8 Å². The number of hydrogen-bond donors (Lipinski definition) is 3. The minimum absolute atomic E-state index is 0.128. The van der Waals surface area contributed by atoms with Crippen LogP contribution in [-0.4, -0.2) is 52.6 Å². The zero-order chi connectivity index (χ0) is 28.9. The first-order valence-electron chi connectivity index (χ1n) is 14.2. The van der Waals surface area contributed by atoms with Crippen LogP contribution in [0.3, 0.4) is 0 Å². The number of aromatic hydroxyl groups is 1. The van der Waals surface area contributed by atoms with Crippen molar-refractivity contribution in [3.05, 3.63) is 29.3 Å². The van der Waals surface area contributed by atoms with Gasteiger partial charge in [0.05, 0.1) is 0 Å². The van der Waals surface area contributed by atoms with Crippen molar-refractivity contribution in [2.75, 3.05) is 13.1 Å². The molecule has 1 aromatic carbocycles. The SMILES string of the molecule is CCCCCCN(C(=O)C(NC(=O)OC(C)(C)C)C(C)C)C(C(=O)NCCCCC)c1ccc(O)c(C)c1. The highest BCUT2D eigenvalue weighted by atomic mass is 16.6. The van der Waals surface area contributed by atoms with Crippen molar-refractivity contribution in [1.82, 2.24) is 15.5 Å². The predicted molar refractivity (Wildman–Crippen MR) is 152 cm³/mol. The summed E-state index contributed by atoms with van der Waals surface area (Å²) in [5, 5.41) is 15.9. The van der Waals surface area contributed by atoms with E-state index in [1.807, 2.05) is 13.8 Å². The highest BCUT2D eigenvalue weighted by Gasteiger charge is 2.37. The van der Waals surface area contributed by atoms with Gasteiger partial charge in [0.1, 0.15) is 23.4 Å². The molecule has 2 atom stereocenters. The Labute approximate surface area is 229 Å². The summed E-state index contributed by atoms with van der Waals surface area (Å²) in [4.78, 5) is 42.0. The van der Waals surface area contributed by atoms with Gasteiger partial charge in [-0.3, -0.25) is 9.59 Å². The van der Waals surface area contributed by atoms with Crippen LogP contribution in [0.25, 0.3) is 0 Å². The number of nitrogens with one attached hydrogen (secondary N) is 2. The molecule has 0 bridgehead atoms. The highest BCUT2D eigenvalue weighted by Crippen LogP contribution is 2.28. The predicted octanol–water partition coefficient (Wildman–Crippen LogP) is 6.01. The van der Waals surface area contributed by atoms with Gasteiger partial charge in [-0.05, 0) is 69.7 Å². The first kappa shape index (κ1) is 33.3. The average molecular weight is 534 g/mol. The van der Waals surface area contributed by atoms with Crippen molar-refractivity contribution in [2.45, 2.75) is 118 Å². The van der Waals surface area contributed by atoms with E-state index in [1.165, 1.54) is 0 Å². The van der Waals surface area contributed by atoms with Gasteiger partial charge in [-0.15, -0.1) is 0 Å². The number of nitrogens with zero attached hydrogens (tertiary/aromatic N) is 1. The van der Waals surface area contributed by atoms with E-state index in [-0.39, 0.29) is 23.5 Å². The molecule has 0 aliphatic heterocycles. The van der Waals surface area contributed by atoms with E-state index in [1.54, 1.807) is 50.8 Å². The van der Waals surface area contributed by atoms with Gasteiger partial charge >= 0.3 is 6.09 Å². The van der Waals surface area contributed by atoms with Crippen molar-refractivity contribution in [2.24, 2.45) is 5.92 Å². The molecule has 0 saturated heterocycles. The number of unbranched alkanes of at least 4 members (excludes halogenated alkanes) is 5. The van der Waals surface area contributed by atoms with Crippen LogP contribution in [0.2, 0.25) is 0 Å². The second kappa shape index (κ2) is 16.2. The number of aryl methyl sites for hydroxylation is 1. The summed E-state index contributed by atoms with van der Waals surface area (Å²) in [7, 11) is 0. The summed E-state index contributed by atoms with van der Waals surface area (Å²) < 4.78 is 5.43. The Balaban J connectivity index is 3.45. The summed E-state index contributed by atoms with van der Waals surface area (Å²) in [6.07, 6.45) is 5.93. The van der Waals surface area contributed by atoms with Crippen LogP contribution in [-0.2, 0) is 14.3 Å². The molecule has 0 fully saturated rings. The highest BCUT2D eigenvalue weighted by molar-refractivity contribution is 5.92. The molecular weight excluding hydrogens is 482 g/mol. The number of phenols is 1. The Kier molecular flexibility index (Phi) is 14.2. The molecule has 0 radical (unpaired) electrons. The van der Waals surface area contributed by atoms with Gasteiger partial charge in [-0.1, -0.05) is 65.9 Å². The van der Waals surface area contributed by atoms with Gasteiger partial charge in [0.25, 0.3) is 0 Å². The maximum atomic E-state index is 14.1. The molecule has 1 aromatic rings. The Morgan fingerprint density at radius 2 is 1.63 bits per heavy atom. The molecule has 216 valence electrons. The number of hydrogen-bond acceptors (Lipinski definition) is 5. The molecule has 0 heterocycles. The smallest absolute Gasteiger partial charge is 0.408 e. The van der Waals surface area contributed by atoms with Crippen LogP contribution in [0.1, 0.15) is 111 Å². The first-order chi connectivity index (χ1) is 17.8. The Morgan fingerprint density at radius 1 is 1.00 bits per heavy atom. The molecule has 38 heavy (non-hydrogen) atoms. The van der Waals surface area contributed by atoms with Gasteiger partial charge in [-0.2, -0.15) is 0 Å². The lowest BCUT2D eigenvalue weighted by Crippen LogP contribution is -2.55. The van der Waals surface area contributed by atoms with Gasteiger partial charge in [-0.25, -0.2) is 4.79 Å². The minimum Gasteiger partial charge on any atom is -0.508 e. The quantitative estimate of drug-likeness (QED) is 0.239. The fraction of sp³-hybridized carbons (Fsp3) is 0.700. The lowest BCUT2D eigenvalue weighted by atomic mass is 9.97. The molecule has 3 amide bonds. The summed E-state index contributed by atoms with van der Waals surface area (Å²) in [5.74, 6) is -0.706. The summed E-state index contributed by atoms with van der Waals surface area (Å²) in [6, 6.07) is 3.23. The van der Waals surface area contributed by atoms with E-state index in [4.69, 9.17) is 4.74 Å². The molecule has 0 aromatic heterocycles. The van der Waals surface area contributed by atoms with Crippen LogP contribution in [0.15, 0.2) is 18.2 Å². The monoisotopic (exact) mass is 533 g/mol. The van der Waals surface area contributed by atoms with Crippen LogP contribution in [0.5, 0.6) is 5.75 Å². The minimum atomic E-state index is -0.897. The van der Waals surface area contributed by atoms with E-state index < -0.39 is 23.8 Å². The molecule has 0 spiro atoms. The molecule has 1 rings (SSSR count). The van der Waals surface area contributed by atoms with Gasteiger partial charge in [0.15, 0.2) is 0 Å². The molecule has 0 saturated carbocycles. The maximum absolute atomic E-state index is 14.1. The van der Waals surface area contributed by atoms with E-state index >= 15 is 0 Å². The molecule has 8 heteroatoms. The van der Waals surface area contributed by atoms with Gasteiger partial charge < -0.3 is 25.4 Å². The molecular formula is C30H51N3O5. The second-order valence-electron chi connectivity index (χ2n) is 11.4. The van der Waals surface area contributed by atoms with Crippen molar-refractivity contribution in [1.29, 1.82) is 0 Å². The summed E-state index contributed by atoms with van der Waals surface area (Å²) >= 11 is 0. The lowest BCUT2D eigenvalue weighted by molar-refractivity contribution is -0.143. The van der Waals surface area contributed by atoms with E-state index in [0.29, 0.717) is 24.2 Å². The van der Waals surface area contributed by atoms with Crippen LogP contribution in [0, 0.1) is 12.8 Å². The third-order valence-electron chi connectivity index (χ3n) is 6.32. The zero-order valence-corrected chi connectivity index (χ0v) is 24.9. The van der Waals surface area contributed by atoms with Gasteiger partial charge in [0, 0.05) is 13.1 Å². The number of ether oxygens (including phenoxy) is 1. The van der Waals surface area contributed by atoms with E-state index in [9.17, 15) is 19.5 Å². The molecule has 0 aliphatic rings. The fourth-order valence-electron chi connectivity index (χ4n) is 4.21. The number of carbonyl (C=O) groups is 3. The molecule has 0 aliphatic carbocycles. The van der Waals surface area contributed by atoms with Crippen molar-refractivity contribution >= 4 is 17.9 Å². The molecule has 3 N–H and O–H groups in total. The number of phenolic OH excluding ortho intramolecular Hbond substituents is 1. The second-order valence-corrected chi connectivity index (χ2v) is 11.4. The van der Waals surface area contributed by atoms with Crippen LogP contribution < -0.4 is 10.6 Å². The summed E-state index contributed by atoms with van der Waals surface area (Å²) in [6.45, 7) is 15.9. The Hall–Kier alpha value is -2.77. The van der Waals surface area contributed by atoms with E-state index in [0.717, 1.165) is 44.9 Å². The van der Waals surface area contributed by atoms with Crippen molar-refractivity contribution in [3.8, 4) is 5.75 Å². The first-order valence-corrected chi connectivity index (χ1v) is 14.2. The number of alkyl carbamates (subject to hydrolysis) is 1. The number of rotatable bonds is 15. The standard InChI is InChI=1S/C30H51N3O5/c1-9-11-13-15-19-33(28(36)25(21(3)4)32-29(37)38-30(6,7)8)26(27(35)31-18-14-12-10-2)23-16-17-24(34)22(5)20-23/h16-17,20-21,25-26,34H,9-15,18-19H2,1-8H3,(H,31,35)(H,32,37). The number of benzene rings is 1. The third kappa shape index (κ3) is 11.3. The van der Waals surface area contributed by atoms with Crippen LogP contribution >= 0.6 is 0 Å². The molecule has 8 nitrogen and oxygen atoms in total. The Bertz CT molecular complexity index is 894. The van der Waals surface area contributed by atoms with Crippen molar-refractivity contribution in [3.63, 3.8) is 0 Å². The fourth-order valence-corrected chi connectivity index (χ4v) is 4.21. The maximum Gasteiger partial charge on any atom is 0.408 e. The molecule has 2 unspecified atom stereocenters. The zero-order valence-electron chi connectivity index (χ0n) is 24.9. The summed E-state index contributed by atoms with van der Waals surface area (Å²) in [5.41, 5.74) is 0.535. The normalized spacial score (nSPS) is 13.1. The van der Waals surface area contributed by atoms with Crippen molar-refractivity contribution < 1.29 is 24.2 Å². The Morgan fingerprint density at radius 3 is 2.18 bits per heavy atom. The van der Waals surface area contributed by atoms with E-state index in [2.05, 4.69) is 24.5 Å².